The molecule has 6 nitrogen and oxygen atoms in total. The molecule has 0 amide bonds. The van der Waals surface area contributed by atoms with E-state index in [4.69, 9.17) is 14.2 Å². The van der Waals surface area contributed by atoms with Crippen LogP contribution in [0.3, 0.4) is 0 Å². The minimum atomic E-state index is -0.770. The van der Waals surface area contributed by atoms with Crippen LogP contribution >= 0.6 is 0 Å². The zero-order chi connectivity index (χ0) is 42.3. The molecule has 0 fully saturated rings. The van der Waals surface area contributed by atoms with Crippen molar-refractivity contribution < 1.29 is 28.6 Å². The summed E-state index contributed by atoms with van der Waals surface area (Å²) in [4.78, 5) is 37.8. The Kier molecular flexibility index (Phi) is 45.4. The van der Waals surface area contributed by atoms with Crippen molar-refractivity contribution in [2.75, 3.05) is 13.2 Å². The number of allylic oxidation sites excluding steroid dienone is 6. The van der Waals surface area contributed by atoms with Crippen molar-refractivity contribution in [3.05, 3.63) is 36.5 Å². The minimum Gasteiger partial charge on any atom is -0.462 e. The van der Waals surface area contributed by atoms with Gasteiger partial charge < -0.3 is 14.2 Å². The van der Waals surface area contributed by atoms with Crippen molar-refractivity contribution in [1.82, 2.24) is 0 Å². The first-order chi connectivity index (χ1) is 28.5. The Labute approximate surface area is 359 Å². The highest BCUT2D eigenvalue weighted by Crippen LogP contribution is 2.15. The summed E-state index contributed by atoms with van der Waals surface area (Å²) in [7, 11) is 0. The third-order valence-electron chi connectivity index (χ3n) is 10.9. The van der Waals surface area contributed by atoms with Crippen molar-refractivity contribution in [3.63, 3.8) is 0 Å². The van der Waals surface area contributed by atoms with Crippen LogP contribution in [-0.2, 0) is 28.6 Å². The van der Waals surface area contributed by atoms with E-state index in [9.17, 15) is 14.4 Å². The third kappa shape index (κ3) is 44.7. The molecule has 0 aromatic carbocycles. The molecular formula is C52H94O6. The highest BCUT2D eigenvalue weighted by Gasteiger charge is 2.19. The Bertz CT molecular complexity index is 984. The van der Waals surface area contributed by atoms with Gasteiger partial charge in [-0.25, -0.2) is 0 Å². The van der Waals surface area contributed by atoms with Crippen molar-refractivity contribution in [2.45, 2.75) is 264 Å². The first-order valence-corrected chi connectivity index (χ1v) is 25.0. The number of carbonyl (C=O) groups excluding carboxylic acids is 3. The summed E-state index contributed by atoms with van der Waals surface area (Å²) in [6, 6.07) is 0. The number of carbonyl (C=O) groups is 3. The van der Waals surface area contributed by atoms with E-state index in [1.165, 1.54) is 141 Å². The highest BCUT2D eigenvalue weighted by molar-refractivity contribution is 5.71. The number of ether oxygens (including phenoxy) is 3. The molecule has 0 spiro atoms. The second-order valence-corrected chi connectivity index (χ2v) is 16.7. The maximum absolute atomic E-state index is 12.7. The minimum absolute atomic E-state index is 0.0729. The van der Waals surface area contributed by atoms with Gasteiger partial charge in [-0.15, -0.1) is 0 Å². The van der Waals surface area contributed by atoms with Gasteiger partial charge in [-0.3, -0.25) is 14.4 Å². The van der Waals surface area contributed by atoms with Gasteiger partial charge in [-0.05, 0) is 57.8 Å². The summed E-state index contributed by atoms with van der Waals surface area (Å²) in [6.45, 7) is 6.59. The summed E-state index contributed by atoms with van der Waals surface area (Å²) < 4.78 is 16.7. The molecule has 58 heavy (non-hydrogen) atoms. The molecule has 338 valence electrons. The maximum Gasteiger partial charge on any atom is 0.306 e. The lowest BCUT2D eigenvalue weighted by Gasteiger charge is -2.18. The van der Waals surface area contributed by atoms with Crippen LogP contribution in [0.5, 0.6) is 0 Å². The monoisotopic (exact) mass is 815 g/mol. The molecule has 0 unspecified atom stereocenters. The second-order valence-electron chi connectivity index (χ2n) is 16.7. The summed E-state index contributed by atoms with van der Waals surface area (Å²) in [5.74, 6) is -0.881. The molecule has 0 heterocycles. The Morgan fingerprint density at radius 1 is 0.345 bits per heavy atom. The van der Waals surface area contributed by atoms with Crippen LogP contribution in [0.25, 0.3) is 0 Å². The molecule has 0 aliphatic carbocycles. The molecule has 0 radical (unpaired) electrons. The van der Waals surface area contributed by atoms with Gasteiger partial charge in [0.2, 0.25) is 0 Å². The molecule has 0 rings (SSSR count). The molecule has 0 aliphatic rings. The fourth-order valence-electron chi connectivity index (χ4n) is 7.10. The molecule has 0 aliphatic heterocycles. The average molecular weight is 815 g/mol. The summed E-state index contributed by atoms with van der Waals surface area (Å²) in [6.07, 6.45) is 54.1. The van der Waals surface area contributed by atoms with E-state index in [-0.39, 0.29) is 31.1 Å². The Morgan fingerprint density at radius 3 is 1.00 bits per heavy atom. The molecule has 0 aromatic heterocycles. The van der Waals surface area contributed by atoms with E-state index in [0.717, 1.165) is 77.0 Å². The summed E-state index contributed by atoms with van der Waals surface area (Å²) in [5.41, 5.74) is 0. The lowest BCUT2D eigenvalue weighted by Crippen LogP contribution is -2.30. The second kappa shape index (κ2) is 47.3. The number of rotatable bonds is 45. The lowest BCUT2D eigenvalue weighted by molar-refractivity contribution is -0.167. The zero-order valence-electron chi connectivity index (χ0n) is 38.6. The van der Waals surface area contributed by atoms with E-state index in [0.29, 0.717) is 19.3 Å². The summed E-state index contributed by atoms with van der Waals surface area (Å²) >= 11 is 0. The van der Waals surface area contributed by atoms with Crippen molar-refractivity contribution in [3.8, 4) is 0 Å². The predicted octanol–water partition coefficient (Wildman–Crippen LogP) is 16.1. The zero-order valence-corrected chi connectivity index (χ0v) is 38.6. The standard InChI is InChI=1S/C52H94O6/c1-4-7-10-13-16-19-21-23-24-25-26-27-28-29-31-33-36-39-42-45-51(54)57-48-49(47-56-50(53)44-41-38-35-32-18-15-12-9-6-3)58-52(55)46-43-40-37-34-30-22-20-17-14-11-8-5-2/h16,19,23-24,26-27,49H,4-15,17-18,20-22,25,28-48H2,1-3H3/b19-16-,24-23-,27-26-/t49-/m1/s1. The smallest absolute Gasteiger partial charge is 0.306 e. The van der Waals surface area contributed by atoms with Gasteiger partial charge in [-0.2, -0.15) is 0 Å². The van der Waals surface area contributed by atoms with Crippen molar-refractivity contribution in [1.29, 1.82) is 0 Å². The third-order valence-corrected chi connectivity index (χ3v) is 10.9. The first kappa shape index (κ1) is 55.6. The quantitative estimate of drug-likeness (QED) is 0.0264. The van der Waals surface area contributed by atoms with Crippen LogP contribution in [0.1, 0.15) is 258 Å². The molecule has 0 aromatic rings. The average Bonchev–Trinajstić information content (AvgIpc) is 3.22. The lowest BCUT2D eigenvalue weighted by atomic mass is 10.0. The van der Waals surface area contributed by atoms with Crippen molar-refractivity contribution in [2.24, 2.45) is 0 Å². The van der Waals surface area contributed by atoms with E-state index in [1.54, 1.807) is 0 Å². The molecule has 0 bridgehead atoms. The normalized spacial score (nSPS) is 12.3. The number of unbranched alkanes of at least 4 members (excludes halogenated alkanes) is 28. The fourth-order valence-corrected chi connectivity index (χ4v) is 7.10. The van der Waals surface area contributed by atoms with Crippen LogP contribution in [-0.4, -0.2) is 37.2 Å². The first-order valence-electron chi connectivity index (χ1n) is 25.0. The van der Waals surface area contributed by atoms with Crippen LogP contribution in [0.4, 0.5) is 0 Å². The van der Waals surface area contributed by atoms with Gasteiger partial charge in [0.1, 0.15) is 13.2 Å². The Balaban J connectivity index is 4.30. The molecule has 6 heteroatoms. The Morgan fingerprint density at radius 2 is 0.621 bits per heavy atom. The van der Waals surface area contributed by atoms with Gasteiger partial charge in [-0.1, -0.05) is 218 Å². The van der Waals surface area contributed by atoms with Crippen LogP contribution in [0, 0.1) is 0 Å². The maximum atomic E-state index is 12.7. The molecular weight excluding hydrogens is 721 g/mol. The Hall–Kier alpha value is -2.37. The van der Waals surface area contributed by atoms with E-state index in [1.807, 2.05) is 0 Å². The highest BCUT2D eigenvalue weighted by atomic mass is 16.6. The number of esters is 3. The molecule has 0 N–H and O–H groups in total. The van der Waals surface area contributed by atoms with Crippen LogP contribution < -0.4 is 0 Å². The topological polar surface area (TPSA) is 78.9 Å². The van der Waals surface area contributed by atoms with E-state index < -0.39 is 6.10 Å². The van der Waals surface area contributed by atoms with Crippen LogP contribution in [0.2, 0.25) is 0 Å². The van der Waals surface area contributed by atoms with Gasteiger partial charge >= 0.3 is 17.9 Å². The van der Waals surface area contributed by atoms with E-state index in [2.05, 4.69) is 57.2 Å². The molecule has 0 saturated heterocycles. The van der Waals surface area contributed by atoms with Gasteiger partial charge in [0.25, 0.3) is 0 Å². The van der Waals surface area contributed by atoms with Crippen molar-refractivity contribution >= 4 is 17.9 Å². The van der Waals surface area contributed by atoms with E-state index >= 15 is 0 Å². The number of hydrogen-bond acceptors (Lipinski definition) is 6. The molecule has 0 saturated carbocycles. The number of hydrogen-bond donors (Lipinski definition) is 0. The predicted molar refractivity (Wildman–Crippen MR) is 247 cm³/mol. The molecule has 1 atom stereocenters. The van der Waals surface area contributed by atoms with Gasteiger partial charge in [0, 0.05) is 19.3 Å². The van der Waals surface area contributed by atoms with Gasteiger partial charge in [0.15, 0.2) is 6.10 Å². The summed E-state index contributed by atoms with van der Waals surface area (Å²) in [5, 5.41) is 0. The van der Waals surface area contributed by atoms with Gasteiger partial charge in [0.05, 0.1) is 0 Å². The fraction of sp³-hybridized carbons (Fsp3) is 0.827. The largest absolute Gasteiger partial charge is 0.462 e. The van der Waals surface area contributed by atoms with Crippen LogP contribution in [0.15, 0.2) is 36.5 Å². The SMILES string of the molecule is CCCCC/C=C\C/C=C\C/C=C\CCCCCCCCC(=O)OC[C@@H](COC(=O)CCCCCCCCCCC)OC(=O)CCCCCCCCCCCCCC.